The number of nitrogens with zero attached hydrogens (tertiary/aromatic N) is 4. The summed E-state index contributed by atoms with van der Waals surface area (Å²) in [6.45, 7) is 8.71. The van der Waals surface area contributed by atoms with Gasteiger partial charge in [0.1, 0.15) is 5.84 Å². The van der Waals surface area contributed by atoms with Crippen LogP contribution in [-0.4, -0.2) is 34.9 Å². The molecule has 0 aromatic heterocycles. The number of hydrogen-bond acceptors (Lipinski definition) is 4. The predicted molar refractivity (Wildman–Crippen MR) is 144 cm³/mol. The monoisotopic (exact) mass is 470 g/mol. The van der Waals surface area contributed by atoms with Gasteiger partial charge in [-0.25, -0.2) is 4.99 Å². The van der Waals surface area contributed by atoms with Crippen molar-refractivity contribution in [1.29, 1.82) is 5.26 Å². The van der Waals surface area contributed by atoms with Gasteiger partial charge in [-0.05, 0) is 94.9 Å². The number of benzene rings is 2. The zero-order valence-corrected chi connectivity index (χ0v) is 21.4. The van der Waals surface area contributed by atoms with Gasteiger partial charge < -0.3 is 0 Å². The molecule has 34 heavy (non-hydrogen) atoms. The Morgan fingerprint density at radius 2 is 1.56 bits per heavy atom. The lowest BCUT2D eigenvalue weighted by atomic mass is 9.70. The molecule has 2 saturated heterocycles. The maximum Gasteiger partial charge on any atom is 0.133 e. The molecule has 2 heterocycles. The second-order valence-corrected chi connectivity index (χ2v) is 10.8. The standard InChI is InChI=1S/C29H34N4S/c1-20-17-21(2)25(22(3)18-20)31-27-26(32-15-7-8-16-32)29(13-5-4-6-14-29)28(34)33(27)24-11-9-23(19-30)10-12-24/h9-12,17-18,26H,4-8,13-16H2,1-3H3/t26-/m0/s1. The fraction of sp³-hybridized carbons (Fsp3) is 0.483. The molecule has 1 atom stereocenters. The van der Waals surface area contributed by atoms with Crippen molar-refractivity contribution in [1.82, 2.24) is 4.90 Å². The lowest BCUT2D eigenvalue weighted by Gasteiger charge is -2.41. The van der Waals surface area contributed by atoms with Gasteiger partial charge in [0.25, 0.3) is 0 Å². The molecule has 0 N–H and O–H groups in total. The van der Waals surface area contributed by atoms with E-state index in [1.165, 1.54) is 48.8 Å². The molecule has 2 aromatic rings. The quantitative estimate of drug-likeness (QED) is 0.464. The smallest absolute Gasteiger partial charge is 0.133 e. The third kappa shape index (κ3) is 3.87. The van der Waals surface area contributed by atoms with Crippen LogP contribution in [0.5, 0.6) is 0 Å². The molecule has 3 aliphatic rings. The summed E-state index contributed by atoms with van der Waals surface area (Å²) < 4.78 is 0. The zero-order chi connectivity index (χ0) is 23.9. The number of aryl methyl sites for hydroxylation is 3. The minimum atomic E-state index is -0.0445. The fourth-order valence-corrected chi connectivity index (χ4v) is 7.02. The van der Waals surface area contributed by atoms with Crippen LogP contribution in [0, 0.1) is 37.5 Å². The third-order valence-corrected chi connectivity index (χ3v) is 8.58. The first-order valence-electron chi connectivity index (χ1n) is 12.7. The lowest BCUT2D eigenvalue weighted by molar-refractivity contribution is 0.155. The number of likely N-dealkylation sites (tertiary alicyclic amines) is 1. The summed E-state index contributed by atoms with van der Waals surface area (Å²) in [5, 5.41) is 9.34. The Kier molecular flexibility index (Phi) is 6.31. The van der Waals surface area contributed by atoms with Crippen molar-refractivity contribution in [2.24, 2.45) is 10.4 Å². The molecule has 1 aliphatic carbocycles. The van der Waals surface area contributed by atoms with E-state index >= 15 is 0 Å². The van der Waals surface area contributed by atoms with Crippen LogP contribution >= 0.6 is 12.2 Å². The molecule has 1 spiro atoms. The van der Waals surface area contributed by atoms with Crippen LogP contribution < -0.4 is 4.90 Å². The van der Waals surface area contributed by atoms with E-state index in [4.69, 9.17) is 17.2 Å². The van der Waals surface area contributed by atoms with Crippen molar-refractivity contribution < 1.29 is 0 Å². The van der Waals surface area contributed by atoms with Crippen LogP contribution in [0.25, 0.3) is 0 Å². The molecule has 0 unspecified atom stereocenters. The highest BCUT2D eigenvalue weighted by Gasteiger charge is 2.57. The van der Waals surface area contributed by atoms with Crippen LogP contribution in [-0.2, 0) is 0 Å². The maximum absolute atomic E-state index is 9.34. The van der Waals surface area contributed by atoms with E-state index in [9.17, 15) is 5.26 Å². The van der Waals surface area contributed by atoms with Crippen LogP contribution in [0.1, 0.15) is 67.2 Å². The van der Waals surface area contributed by atoms with Gasteiger partial charge in [-0.15, -0.1) is 0 Å². The SMILES string of the molecule is Cc1cc(C)c(N=C2[C@H](N3CCCC3)C3(CCCCC3)C(=S)N2c2ccc(C#N)cc2)c(C)c1. The van der Waals surface area contributed by atoms with Crippen LogP contribution in [0.4, 0.5) is 11.4 Å². The molecular weight excluding hydrogens is 436 g/mol. The number of amidine groups is 1. The number of rotatable bonds is 3. The summed E-state index contributed by atoms with van der Waals surface area (Å²) in [6.07, 6.45) is 8.48. The number of aliphatic imine (C=N–C) groups is 1. The summed E-state index contributed by atoms with van der Waals surface area (Å²) in [5.41, 5.74) is 6.40. The van der Waals surface area contributed by atoms with E-state index < -0.39 is 0 Å². The maximum atomic E-state index is 9.34. The second-order valence-electron chi connectivity index (χ2n) is 10.4. The first kappa shape index (κ1) is 23.2. The van der Waals surface area contributed by atoms with Gasteiger partial charge in [0.15, 0.2) is 0 Å². The largest absolute Gasteiger partial charge is 0.293 e. The van der Waals surface area contributed by atoms with E-state index in [0.29, 0.717) is 5.56 Å². The molecule has 2 aliphatic heterocycles. The minimum Gasteiger partial charge on any atom is -0.293 e. The number of thiocarbonyl (C=S) groups is 1. The highest BCUT2D eigenvalue weighted by Crippen LogP contribution is 2.51. The van der Waals surface area contributed by atoms with Gasteiger partial charge >= 0.3 is 0 Å². The normalized spacial score (nSPS) is 23.7. The van der Waals surface area contributed by atoms with Crippen molar-refractivity contribution in [3.8, 4) is 6.07 Å². The Balaban J connectivity index is 1.73. The topological polar surface area (TPSA) is 42.6 Å². The van der Waals surface area contributed by atoms with Gasteiger partial charge in [0, 0.05) is 11.1 Å². The molecule has 0 radical (unpaired) electrons. The van der Waals surface area contributed by atoms with E-state index in [2.05, 4.69) is 48.8 Å². The zero-order valence-electron chi connectivity index (χ0n) is 20.6. The van der Waals surface area contributed by atoms with Gasteiger partial charge in [-0.2, -0.15) is 5.26 Å². The average Bonchev–Trinajstić information content (AvgIpc) is 3.43. The molecule has 0 amide bonds. The fourth-order valence-electron chi connectivity index (χ4n) is 6.50. The highest BCUT2D eigenvalue weighted by atomic mass is 32.1. The van der Waals surface area contributed by atoms with E-state index in [1.807, 2.05) is 24.3 Å². The Morgan fingerprint density at radius 3 is 2.15 bits per heavy atom. The lowest BCUT2D eigenvalue weighted by Crippen LogP contribution is -2.49. The van der Waals surface area contributed by atoms with Gasteiger partial charge in [-0.3, -0.25) is 9.80 Å². The third-order valence-electron chi connectivity index (χ3n) is 7.99. The van der Waals surface area contributed by atoms with Crippen molar-refractivity contribution in [2.45, 2.75) is 71.8 Å². The Bertz CT molecular complexity index is 1140. The molecule has 5 rings (SSSR count). The summed E-state index contributed by atoms with van der Waals surface area (Å²) in [6, 6.07) is 14.8. The Morgan fingerprint density at radius 1 is 0.941 bits per heavy atom. The molecule has 176 valence electrons. The summed E-state index contributed by atoms with van der Waals surface area (Å²) in [5.74, 6) is 1.08. The van der Waals surface area contributed by atoms with E-state index in [0.717, 1.165) is 48.1 Å². The average molecular weight is 471 g/mol. The van der Waals surface area contributed by atoms with Crippen LogP contribution in [0.15, 0.2) is 41.4 Å². The van der Waals surface area contributed by atoms with E-state index in [-0.39, 0.29) is 11.5 Å². The molecule has 2 aromatic carbocycles. The van der Waals surface area contributed by atoms with Crippen LogP contribution in [0.3, 0.4) is 0 Å². The summed E-state index contributed by atoms with van der Waals surface area (Å²) >= 11 is 6.36. The highest BCUT2D eigenvalue weighted by molar-refractivity contribution is 7.80. The number of hydrogen-bond donors (Lipinski definition) is 0. The second kappa shape index (κ2) is 9.24. The van der Waals surface area contributed by atoms with Crippen LogP contribution in [0.2, 0.25) is 0 Å². The predicted octanol–water partition coefficient (Wildman–Crippen LogP) is 6.78. The van der Waals surface area contributed by atoms with Crippen molar-refractivity contribution in [3.05, 3.63) is 58.7 Å². The molecule has 5 heteroatoms. The molecule has 4 nitrogen and oxygen atoms in total. The first-order chi connectivity index (χ1) is 16.4. The Labute approximate surface area is 209 Å². The molecule has 0 bridgehead atoms. The molecule has 1 saturated carbocycles. The van der Waals surface area contributed by atoms with Crippen molar-refractivity contribution in [2.75, 3.05) is 18.0 Å². The van der Waals surface area contributed by atoms with Gasteiger partial charge in [0.05, 0.1) is 28.4 Å². The number of nitriles is 1. The van der Waals surface area contributed by atoms with Gasteiger partial charge in [0.2, 0.25) is 0 Å². The van der Waals surface area contributed by atoms with Crippen molar-refractivity contribution >= 4 is 34.4 Å². The van der Waals surface area contributed by atoms with Gasteiger partial charge in [-0.1, -0.05) is 49.2 Å². The minimum absolute atomic E-state index is 0.0445. The first-order valence-corrected chi connectivity index (χ1v) is 13.1. The molecular formula is C29H34N4S. The summed E-state index contributed by atoms with van der Waals surface area (Å²) in [4.78, 5) is 11.4. The van der Waals surface area contributed by atoms with E-state index in [1.54, 1.807) is 0 Å². The molecule has 3 fully saturated rings. The number of anilines is 1. The summed E-state index contributed by atoms with van der Waals surface area (Å²) in [7, 11) is 0. The Hall–Kier alpha value is -2.55. The van der Waals surface area contributed by atoms with Crippen molar-refractivity contribution in [3.63, 3.8) is 0 Å².